The predicted molar refractivity (Wildman–Crippen MR) is 262 cm³/mol. The number of amides is 4. The molecule has 4 aromatic rings. The molecule has 70 heavy (non-hydrogen) atoms. The average molecular weight is 1010 g/mol. The fourth-order valence-electron chi connectivity index (χ4n) is 8.17. The molecule has 1 unspecified atom stereocenters. The van der Waals surface area contributed by atoms with Crippen molar-refractivity contribution in [1.29, 1.82) is 5.26 Å². The van der Waals surface area contributed by atoms with Crippen LogP contribution in [-0.2, 0) is 41.4 Å². The number of carbonyl (C=O) groups is 4. The van der Waals surface area contributed by atoms with Gasteiger partial charge in [-0.3, -0.25) is 24.1 Å². The van der Waals surface area contributed by atoms with E-state index in [1.54, 1.807) is 65.9 Å². The van der Waals surface area contributed by atoms with Gasteiger partial charge >= 0.3 is 6.18 Å². The molecule has 3 N–H and O–H groups in total. The fourth-order valence-corrected chi connectivity index (χ4v) is 9.51. The molecular formula is C50H58F3N7O8S2. The maximum Gasteiger partial charge on any atom is 0.417 e. The van der Waals surface area contributed by atoms with Gasteiger partial charge in [-0.1, -0.05) is 45.0 Å². The van der Waals surface area contributed by atoms with E-state index in [9.17, 15) is 42.7 Å². The van der Waals surface area contributed by atoms with Crippen LogP contribution in [-0.4, -0.2) is 107 Å². The van der Waals surface area contributed by atoms with Gasteiger partial charge in [0.15, 0.2) is 5.11 Å². The zero-order valence-corrected chi connectivity index (χ0v) is 41.6. The number of benzene rings is 3. The molecule has 3 atom stereocenters. The summed E-state index contributed by atoms with van der Waals surface area (Å²) in [4.78, 5) is 63.4. The molecule has 0 bridgehead atoms. The lowest BCUT2D eigenvalue weighted by molar-refractivity contribution is -0.144. The van der Waals surface area contributed by atoms with Crippen molar-refractivity contribution in [3.63, 3.8) is 0 Å². The zero-order chi connectivity index (χ0) is 51.0. The third-order valence-electron chi connectivity index (χ3n) is 11.9. The number of alkyl halides is 3. The molecule has 2 aliphatic heterocycles. The van der Waals surface area contributed by atoms with Gasteiger partial charge < -0.3 is 39.8 Å². The van der Waals surface area contributed by atoms with E-state index in [1.807, 2.05) is 52.0 Å². The number of β-amino-alcohol motifs (C(OH)–C–C–N with tert-alkyl or cyclic N) is 1. The Bertz CT molecular complexity index is 2560. The van der Waals surface area contributed by atoms with E-state index in [-0.39, 0.29) is 55.2 Å². The molecular weight excluding hydrogens is 948 g/mol. The maximum absolute atomic E-state index is 14.0. The molecule has 2 fully saturated rings. The minimum Gasteiger partial charge on any atom is -0.494 e. The second kappa shape index (κ2) is 22.8. The van der Waals surface area contributed by atoms with Crippen molar-refractivity contribution in [1.82, 2.24) is 20.5 Å². The summed E-state index contributed by atoms with van der Waals surface area (Å²) in [5.74, 6) is -1.13. The number of nitrogens with one attached hydrogen (secondary N) is 2. The molecule has 4 amide bonds. The smallest absolute Gasteiger partial charge is 0.417 e. The van der Waals surface area contributed by atoms with Gasteiger partial charge in [0.1, 0.15) is 23.4 Å². The summed E-state index contributed by atoms with van der Waals surface area (Å²) in [7, 11) is 0. The SMILES string of the molecule is Cc1ncsc1-c1ccc(CNC(=O)[C@@H]2C[C@@H](O)CN2C(=O)C(NC(=O)CCCOCCOCCCOc2ccc(N3C(=S)N(c4ccc(C#N)c(C(F)(F)F)c4)C(=O)C3(C)C)cc2)C(C)(C)C)cc1. The molecule has 3 heterocycles. The van der Waals surface area contributed by atoms with Crippen LogP contribution in [0.4, 0.5) is 24.5 Å². The molecule has 3 aromatic carbocycles. The summed E-state index contributed by atoms with van der Waals surface area (Å²) < 4.78 is 58.3. The molecule has 15 nitrogen and oxygen atoms in total. The van der Waals surface area contributed by atoms with Crippen LogP contribution in [0.25, 0.3) is 10.4 Å². The first-order chi connectivity index (χ1) is 33.1. The molecule has 2 saturated heterocycles. The number of nitrogens with zero attached hydrogens (tertiary/aromatic N) is 5. The molecule has 6 rings (SSSR count). The van der Waals surface area contributed by atoms with Crippen LogP contribution in [0, 0.1) is 23.7 Å². The first-order valence-electron chi connectivity index (χ1n) is 22.8. The average Bonchev–Trinajstić information content (AvgIpc) is 3.98. The Morgan fingerprint density at radius 2 is 1.63 bits per heavy atom. The van der Waals surface area contributed by atoms with E-state index in [2.05, 4.69) is 15.6 Å². The fraction of sp³-hybridized carbons (Fsp3) is 0.460. The van der Waals surface area contributed by atoms with E-state index in [1.165, 1.54) is 11.0 Å². The number of ether oxygens (including phenoxy) is 3. The maximum atomic E-state index is 14.0. The number of anilines is 2. The minimum absolute atomic E-state index is 0.0119. The Balaban J connectivity index is 0.867. The quantitative estimate of drug-likeness (QED) is 0.0593. The summed E-state index contributed by atoms with van der Waals surface area (Å²) in [6.45, 7) is 12.6. The number of carbonyl (C=O) groups excluding carboxylic acids is 4. The van der Waals surface area contributed by atoms with Crippen molar-refractivity contribution in [2.75, 3.05) is 49.4 Å². The highest BCUT2D eigenvalue weighted by Gasteiger charge is 2.51. The van der Waals surface area contributed by atoms with Crippen LogP contribution in [0.15, 0.2) is 72.2 Å². The normalized spacial score (nSPS) is 17.4. The lowest BCUT2D eigenvalue weighted by atomic mass is 9.85. The van der Waals surface area contributed by atoms with Crippen molar-refractivity contribution >= 4 is 63.7 Å². The van der Waals surface area contributed by atoms with Crippen LogP contribution in [0.5, 0.6) is 5.75 Å². The monoisotopic (exact) mass is 1010 g/mol. The van der Waals surface area contributed by atoms with E-state index in [4.69, 9.17) is 26.4 Å². The topological polar surface area (TPSA) is 187 Å². The van der Waals surface area contributed by atoms with E-state index < -0.39 is 58.3 Å². The number of halogens is 3. The van der Waals surface area contributed by atoms with E-state index >= 15 is 0 Å². The second-order valence-electron chi connectivity index (χ2n) is 18.6. The molecule has 1 aromatic heterocycles. The molecule has 0 radical (unpaired) electrons. The largest absolute Gasteiger partial charge is 0.494 e. The van der Waals surface area contributed by atoms with Gasteiger partial charge in [-0.25, -0.2) is 4.98 Å². The number of likely N-dealkylation sites (tertiary alicyclic amines) is 1. The van der Waals surface area contributed by atoms with Gasteiger partial charge in [-0.05, 0) is 98.4 Å². The van der Waals surface area contributed by atoms with Gasteiger partial charge in [0, 0.05) is 51.3 Å². The lowest BCUT2D eigenvalue weighted by Crippen LogP contribution is -2.57. The molecule has 20 heteroatoms. The van der Waals surface area contributed by atoms with Gasteiger partial charge in [0.05, 0.1) is 64.9 Å². The highest BCUT2D eigenvalue weighted by molar-refractivity contribution is 7.81. The van der Waals surface area contributed by atoms with Crippen molar-refractivity contribution < 1.29 is 51.7 Å². The molecule has 0 saturated carbocycles. The van der Waals surface area contributed by atoms with Gasteiger partial charge in [0.2, 0.25) is 17.7 Å². The Kier molecular flexibility index (Phi) is 17.4. The van der Waals surface area contributed by atoms with Gasteiger partial charge in [0.25, 0.3) is 5.91 Å². The number of thiazole rings is 1. The number of nitriles is 1. The van der Waals surface area contributed by atoms with Crippen molar-refractivity contribution in [3.05, 3.63) is 94.6 Å². The van der Waals surface area contributed by atoms with E-state index in [0.717, 1.165) is 38.7 Å². The van der Waals surface area contributed by atoms with Gasteiger partial charge in [-0.2, -0.15) is 18.4 Å². The Morgan fingerprint density at radius 3 is 2.24 bits per heavy atom. The zero-order valence-electron chi connectivity index (χ0n) is 39.9. The summed E-state index contributed by atoms with van der Waals surface area (Å²) in [6.07, 6.45) is -4.52. The lowest BCUT2D eigenvalue weighted by Gasteiger charge is -2.35. The summed E-state index contributed by atoms with van der Waals surface area (Å²) >= 11 is 7.18. The Hall–Kier alpha value is -5.98. The Labute approximate surface area is 414 Å². The van der Waals surface area contributed by atoms with Gasteiger partial charge in [-0.15, -0.1) is 11.3 Å². The highest BCUT2D eigenvalue weighted by atomic mass is 32.1. The third-order valence-corrected chi connectivity index (χ3v) is 13.3. The molecule has 2 aliphatic rings. The van der Waals surface area contributed by atoms with Crippen LogP contribution in [0.1, 0.15) is 82.7 Å². The first-order valence-corrected chi connectivity index (χ1v) is 24.1. The van der Waals surface area contributed by atoms with Crippen LogP contribution in [0.2, 0.25) is 0 Å². The number of aliphatic hydroxyl groups is 1. The number of rotatable bonds is 20. The molecule has 374 valence electrons. The number of aryl methyl sites for hydroxylation is 1. The number of hydrogen-bond donors (Lipinski definition) is 3. The van der Waals surface area contributed by atoms with Crippen molar-refractivity contribution in [2.45, 2.75) is 104 Å². The predicted octanol–water partition coefficient (Wildman–Crippen LogP) is 7.32. The first kappa shape index (κ1) is 53.4. The van der Waals surface area contributed by atoms with Crippen molar-refractivity contribution in [3.8, 4) is 22.3 Å². The third kappa shape index (κ3) is 12.9. The van der Waals surface area contributed by atoms with Crippen LogP contribution < -0.4 is 25.2 Å². The van der Waals surface area contributed by atoms with Crippen molar-refractivity contribution in [2.24, 2.45) is 5.41 Å². The standard InChI is InChI=1S/C50H58F3N7O8S2/c1-31-42(70-30-56-31)33-12-10-32(11-13-33)28-55-44(63)40-26-37(61)29-58(40)45(64)43(48(2,3)4)57-41(62)9-7-20-66-23-24-67-21-8-22-68-38-18-16-35(17-19-38)60-47(69)59(46(65)49(60,5)6)36-15-14-34(27-54)39(25-36)50(51,52)53/h10-19,25,30,37,40,43,61H,7-9,20-24,26,28-29H2,1-6H3,(H,55,63)(H,57,62)/t37-,40+,43?/m1/s1. The van der Waals surface area contributed by atoms with Crippen LogP contribution in [0.3, 0.4) is 0 Å². The number of aromatic nitrogens is 1. The number of thiocarbonyl (C=S) groups is 1. The highest BCUT2D eigenvalue weighted by Crippen LogP contribution is 2.40. The van der Waals surface area contributed by atoms with Crippen LogP contribution >= 0.6 is 23.6 Å². The minimum atomic E-state index is -4.80. The second-order valence-corrected chi connectivity index (χ2v) is 19.8. The molecule has 0 spiro atoms. The summed E-state index contributed by atoms with van der Waals surface area (Å²) in [5, 5.41) is 25.5. The summed E-state index contributed by atoms with van der Waals surface area (Å²) in [5.41, 5.74) is 1.47. The number of aliphatic hydroxyl groups excluding tert-OH is 1. The van der Waals surface area contributed by atoms with E-state index in [0.29, 0.717) is 50.7 Å². The number of hydrogen-bond acceptors (Lipinski definition) is 12. The Morgan fingerprint density at radius 1 is 0.971 bits per heavy atom. The summed E-state index contributed by atoms with van der Waals surface area (Å²) in [6, 6.07) is 17.4. The molecule has 0 aliphatic carbocycles.